The maximum Gasteiger partial charge on any atom is 0.361 e. The van der Waals surface area contributed by atoms with Gasteiger partial charge in [-0.15, -0.1) is 0 Å². The Morgan fingerprint density at radius 2 is 0.731 bits per heavy atom. The number of unbranched alkanes of at least 4 members (excludes halogenated alkanes) is 27. The lowest BCUT2D eigenvalue weighted by atomic mass is 10.0. The highest BCUT2D eigenvalue weighted by Crippen LogP contribution is 2.17. The first-order valence-corrected chi connectivity index (χ1v) is 31.9. The zero-order chi connectivity index (χ0) is 56.9. The first-order chi connectivity index (χ1) is 38.1. The summed E-state index contributed by atoms with van der Waals surface area (Å²) in [6.45, 7) is 4.77. The van der Waals surface area contributed by atoms with E-state index < -0.39 is 24.3 Å². The molecule has 0 saturated carbocycles. The molecule has 9 heteroatoms. The lowest BCUT2D eigenvalue weighted by molar-refractivity contribution is -0.870. The molecule has 2 unspecified atom stereocenters. The molecule has 1 N–H and O–H groups in total. The topological polar surface area (TPSA) is 108 Å². The number of aliphatic carboxylic acids is 1. The molecule has 0 bridgehead atoms. The predicted octanol–water partition coefficient (Wildman–Crippen LogP) is 19.3. The molecule has 9 nitrogen and oxygen atoms in total. The molecule has 0 aliphatic rings. The number of rotatable bonds is 58. The summed E-state index contributed by atoms with van der Waals surface area (Å²) in [7, 11) is 5.97. The van der Waals surface area contributed by atoms with Crippen LogP contribution in [-0.4, -0.2) is 87.4 Å². The van der Waals surface area contributed by atoms with Gasteiger partial charge in [-0.05, 0) is 77.0 Å². The summed E-state index contributed by atoms with van der Waals surface area (Å²) < 4.78 is 22.9. The van der Waals surface area contributed by atoms with Crippen LogP contribution < -0.4 is 0 Å². The minimum atomic E-state index is -1.51. The third-order valence-electron chi connectivity index (χ3n) is 13.6. The van der Waals surface area contributed by atoms with E-state index in [9.17, 15) is 19.5 Å². The Morgan fingerprint density at radius 1 is 0.397 bits per heavy atom. The second-order valence-corrected chi connectivity index (χ2v) is 22.3. The highest BCUT2D eigenvalue weighted by molar-refractivity contribution is 5.71. The Hall–Kier alpha value is -3.79. The molecule has 0 spiro atoms. The van der Waals surface area contributed by atoms with Crippen LogP contribution in [0.2, 0.25) is 0 Å². The summed E-state index contributed by atoms with van der Waals surface area (Å²) in [5.41, 5.74) is 0. The minimum Gasteiger partial charge on any atom is -0.477 e. The monoisotopic (exact) mass is 1090 g/mol. The number of carbonyl (C=O) groups excluding carboxylic acids is 2. The lowest BCUT2D eigenvalue weighted by Crippen LogP contribution is -2.40. The van der Waals surface area contributed by atoms with E-state index in [-0.39, 0.29) is 32.2 Å². The van der Waals surface area contributed by atoms with E-state index in [1.54, 1.807) is 0 Å². The largest absolute Gasteiger partial charge is 0.477 e. The average molecular weight is 1090 g/mol. The van der Waals surface area contributed by atoms with E-state index in [1.807, 2.05) is 21.1 Å². The molecule has 0 aromatic rings. The molecule has 0 heterocycles. The van der Waals surface area contributed by atoms with Gasteiger partial charge in [0.15, 0.2) is 6.10 Å². The molecule has 0 aliphatic heterocycles. The van der Waals surface area contributed by atoms with Crippen LogP contribution in [-0.2, 0) is 33.3 Å². The number of allylic oxidation sites excluding steroid dienone is 16. The summed E-state index contributed by atoms with van der Waals surface area (Å²) in [5, 5.41) is 9.69. The van der Waals surface area contributed by atoms with Crippen molar-refractivity contribution in [1.82, 2.24) is 0 Å². The van der Waals surface area contributed by atoms with Gasteiger partial charge in [0.25, 0.3) is 6.29 Å². The number of esters is 2. The van der Waals surface area contributed by atoms with Crippen molar-refractivity contribution in [1.29, 1.82) is 0 Å². The fraction of sp³-hybridized carbons (Fsp3) is 0.725. The predicted molar refractivity (Wildman–Crippen MR) is 332 cm³/mol. The van der Waals surface area contributed by atoms with Gasteiger partial charge in [0.1, 0.15) is 13.2 Å². The summed E-state index contributed by atoms with van der Waals surface area (Å²) in [5.74, 6) is -2.00. The number of carboxylic acid groups (broad SMARTS) is 1. The van der Waals surface area contributed by atoms with Gasteiger partial charge in [-0.3, -0.25) is 9.59 Å². The van der Waals surface area contributed by atoms with E-state index >= 15 is 0 Å². The summed E-state index contributed by atoms with van der Waals surface area (Å²) in [4.78, 5) is 37.4. The smallest absolute Gasteiger partial charge is 0.361 e. The van der Waals surface area contributed by atoms with E-state index in [4.69, 9.17) is 18.9 Å². The molecule has 78 heavy (non-hydrogen) atoms. The normalized spacial score (nSPS) is 13.4. The molecule has 0 aromatic heterocycles. The molecule has 0 aromatic carbocycles. The molecule has 0 aliphatic carbocycles. The van der Waals surface area contributed by atoms with Crippen molar-refractivity contribution in [2.45, 2.75) is 277 Å². The van der Waals surface area contributed by atoms with E-state index in [2.05, 4.69) is 111 Å². The average Bonchev–Trinajstić information content (AvgIpc) is 3.41. The highest BCUT2D eigenvalue weighted by atomic mass is 16.7. The summed E-state index contributed by atoms with van der Waals surface area (Å²) in [6, 6.07) is 0. The van der Waals surface area contributed by atoms with Crippen LogP contribution in [0.1, 0.15) is 264 Å². The fourth-order valence-electron chi connectivity index (χ4n) is 8.74. The SMILES string of the molecule is CC/C=C\C/C=C\C/C=C\C/C=C\C/C=C\C/C=C\C/C=C\C/C=C\CCCCCCCCCCCCCCCCCCC(=O)OC(COC(=O)CCCCCCCCCCCCCC)COC(OCC[N+](C)(C)C)C(=O)O. The third kappa shape index (κ3) is 59.9. The fourth-order valence-corrected chi connectivity index (χ4v) is 8.74. The van der Waals surface area contributed by atoms with E-state index in [0.717, 1.165) is 89.9 Å². The molecule has 0 amide bonds. The number of hydrogen-bond acceptors (Lipinski definition) is 7. The Balaban J connectivity index is 4.00. The van der Waals surface area contributed by atoms with Crippen molar-refractivity contribution in [3.05, 3.63) is 97.2 Å². The molecule has 448 valence electrons. The van der Waals surface area contributed by atoms with Crippen LogP contribution in [0.5, 0.6) is 0 Å². The van der Waals surface area contributed by atoms with Crippen molar-refractivity contribution in [3.8, 4) is 0 Å². The maximum atomic E-state index is 12.9. The van der Waals surface area contributed by atoms with Crippen molar-refractivity contribution in [2.24, 2.45) is 0 Å². The minimum absolute atomic E-state index is 0.181. The molecule has 0 fully saturated rings. The van der Waals surface area contributed by atoms with Crippen LogP contribution in [0.3, 0.4) is 0 Å². The van der Waals surface area contributed by atoms with Gasteiger partial charge in [0.2, 0.25) is 0 Å². The van der Waals surface area contributed by atoms with Gasteiger partial charge in [-0.2, -0.15) is 0 Å². The van der Waals surface area contributed by atoms with E-state index in [0.29, 0.717) is 17.4 Å². The number of carbonyl (C=O) groups is 3. The number of hydrogen-bond donors (Lipinski definition) is 1. The van der Waals surface area contributed by atoms with Gasteiger partial charge >= 0.3 is 17.9 Å². The Morgan fingerprint density at radius 3 is 1.09 bits per heavy atom. The molecule has 0 saturated heterocycles. The van der Waals surface area contributed by atoms with Crippen LogP contribution in [0.25, 0.3) is 0 Å². The standard InChI is InChI=1S/C69H119NO8/c1-6-8-10-12-14-16-18-20-21-22-23-24-25-26-27-28-29-30-31-32-33-34-35-36-37-38-39-40-41-42-43-44-45-46-47-48-50-52-54-56-58-60-67(72)78-65(64-77-69(68(73)74)75-62-61-70(3,4)5)63-76-66(71)59-57-55-53-51-49-19-17-15-13-11-9-7-2/h8,10,14,16,20-21,23-24,26-27,29-30,32-33,35-36,65,69H,6-7,9,11-13,15,17-19,22,25,28,31,34,37-64H2,1-5H3/p+1/b10-8-,16-14-,21-20-,24-23-,27-26-,30-29-,33-32-,36-35-. The third-order valence-corrected chi connectivity index (χ3v) is 13.6. The summed E-state index contributed by atoms with van der Waals surface area (Å²) >= 11 is 0. The first kappa shape index (κ1) is 74.2. The molecule has 0 rings (SSSR count). The van der Waals surface area contributed by atoms with Crippen molar-refractivity contribution < 1.29 is 42.9 Å². The van der Waals surface area contributed by atoms with E-state index in [1.165, 1.54) is 148 Å². The number of likely N-dealkylation sites (N-methyl/N-ethyl adjacent to an activating group) is 1. The first-order valence-electron chi connectivity index (χ1n) is 31.9. The Labute approximate surface area is 480 Å². The number of nitrogens with zero attached hydrogens (tertiary/aromatic N) is 1. The highest BCUT2D eigenvalue weighted by Gasteiger charge is 2.25. The van der Waals surface area contributed by atoms with Gasteiger partial charge in [-0.25, -0.2) is 4.79 Å². The molecule has 0 radical (unpaired) electrons. The van der Waals surface area contributed by atoms with Crippen molar-refractivity contribution in [2.75, 3.05) is 47.5 Å². The van der Waals surface area contributed by atoms with Crippen LogP contribution >= 0.6 is 0 Å². The van der Waals surface area contributed by atoms with Crippen molar-refractivity contribution >= 4 is 17.9 Å². The Kier molecular flexibility index (Phi) is 56.5. The van der Waals surface area contributed by atoms with Crippen LogP contribution in [0.4, 0.5) is 0 Å². The van der Waals surface area contributed by atoms with Crippen LogP contribution in [0.15, 0.2) is 97.2 Å². The number of carboxylic acids is 1. The Bertz CT molecular complexity index is 1600. The maximum absolute atomic E-state index is 12.9. The quantitative estimate of drug-likeness (QED) is 0.0211. The number of ether oxygens (including phenoxy) is 4. The molecular formula is C69H120NO8+. The molecule has 2 atom stereocenters. The molecular weight excluding hydrogens is 971 g/mol. The second kappa shape index (κ2) is 59.3. The van der Waals surface area contributed by atoms with Crippen molar-refractivity contribution in [3.63, 3.8) is 0 Å². The second-order valence-electron chi connectivity index (χ2n) is 22.3. The zero-order valence-electron chi connectivity index (χ0n) is 51.1. The van der Waals surface area contributed by atoms with Crippen LogP contribution in [0, 0.1) is 0 Å². The zero-order valence-corrected chi connectivity index (χ0v) is 51.1. The lowest BCUT2D eigenvalue weighted by Gasteiger charge is -2.25. The van der Waals surface area contributed by atoms with Gasteiger partial charge in [-0.1, -0.05) is 272 Å². The number of quaternary nitrogens is 1. The van der Waals surface area contributed by atoms with Gasteiger partial charge in [0, 0.05) is 12.8 Å². The van der Waals surface area contributed by atoms with Gasteiger partial charge in [0.05, 0.1) is 34.4 Å². The van der Waals surface area contributed by atoms with Gasteiger partial charge < -0.3 is 28.5 Å². The summed E-state index contributed by atoms with van der Waals surface area (Å²) in [6.07, 6.45) is 78.0.